The molecule has 0 fully saturated rings. The van der Waals surface area contributed by atoms with E-state index >= 15 is 0 Å². The fraction of sp³-hybridized carbons (Fsp3) is 0.750. The van der Waals surface area contributed by atoms with Gasteiger partial charge in [-0.15, -0.1) is 0 Å². The highest BCUT2D eigenvalue weighted by Gasteiger charge is 2.09. The van der Waals surface area contributed by atoms with Crippen LogP contribution in [0.4, 0.5) is 0 Å². The van der Waals surface area contributed by atoms with Gasteiger partial charge >= 0.3 is 0 Å². The largest absolute Gasteiger partial charge is 0.352 e. The molecule has 0 aromatic rings. The zero-order valence-electron chi connectivity index (χ0n) is 7.54. The van der Waals surface area contributed by atoms with Gasteiger partial charge in [-0.2, -0.15) is 0 Å². The second-order valence-electron chi connectivity index (χ2n) is 2.94. The Labute approximate surface area is 72.5 Å². The van der Waals surface area contributed by atoms with Crippen molar-refractivity contribution >= 4 is 12.2 Å². The Morgan fingerprint density at radius 2 is 2.17 bits per heavy atom. The van der Waals surface area contributed by atoms with Crippen LogP contribution in [0.1, 0.15) is 26.7 Å². The molecular weight excluding hydrogens is 156 g/mol. The van der Waals surface area contributed by atoms with Crippen LogP contribution in [0.3, 0.4) is 0 Å². The van der Waals surface area contributed by atoms with Gasteiger partial charge in [0.15, 0.2) is 0 Å². The molecule has 0 saturated heterocycles. The maximum absolute atomic E-state index is 11.0. The van der Waals surface area contributed by atoms with Crippen LogP contribution in [-0.4, -0.2) is 24.3 Å². The number of aldehydes is 1. The highest BCUT2D eigenvalue weighted by atomic mass is 16.2. The Bertz CT molecular complexity index is 157. The number of rotatable bonds is 5. The van der Waals surface area contributed by atoms with Crippen molar-refractivity contribution in [3.05, 3.63) is 0 Å². The molecule has 0 aromatic heterocycles. The smallest absolute Gasteiger partial charge is 0.236 e. The number of nitrogens with two attached hydrogens (primary N) is 1. The number of carbonyl (C=O) groups is 2. The molecule has 0 aromatic carbocycles. The summed E-state index contributed by atoms with van der Waals surface area (Å²) in [6.45, 7) is 3.48. The molecule has 0 rings (SSSR count). The number of hydrogen-bond donors (Lipinski definition) is 2. The van der Waals surface area contributed by atoms with Gasteiger partial charge in [-0.25, -0.2) is 0 Å². The first-order valence-corrected chi connectivity index (χ1v) is 4.07. The number of hydrogen-bond acceptors (Lipinski definition) is 3. The first-order chi connectivity index (χ1) is 5.57. The predicted octanol–water partition coefficient (Wildman–Crippen LogP) is -0.183. The zero-order chi connectivity index (χ0) is 9.56. The third-order valence-electron chi connectivity index (χ3n) is 1.52. The number of carbonyl (C=O) groups excluding carboxylic acids is 2. The lowest BCUT2D eigenvalue weighted by atomic mass is 10.2. The SMILES string of the molecule is CC(CCC=O)NC(=O)C(C)N. The van der Waals surface area contributed by atoms with Gasteiger partial charge in [0, 0.05) is 12.5 Å². The Morgan fingerprint density at radius 3 is 2.58 bits per heavy atom. The molecule has 4 heteroatoms. The van der Waals surface area contributed by atoms with E-state index in [1.165, 1.54) is 0 Å². The van der Waals surface area contributed by atoms with Crippen molar-refractivity contribution in [1.29, 1.82) is 0 Å². The average molecular weight is 172 g/mol. The molecule has 2 atom stereocenters. The van der Waals surface area contributed by atoms with Crippen molar-refractivity contribution in [1.82, 2.24) is 5.32 Å². The van der Waals surface area contributed by atoms with E-state index in [0.29, 0.717) is 12.8 Å². The van der Waals surface area contributed by atoms with E-state index in [2.05, 4.69) is 5.32 Å². The molecule has 0 aliphatic carbocycles. The molecule has 0 aliphatic rings. The monoisotopic (exact) mass is 172 g/mol. The van der Waals surface area contributed by atoms with Crippen LogP contribution in [0.2, 0.25) is 0 Å². The van der Waals surface area contributed by atoms with Crippen LogP contribution in [0.5, 0.6) is 0 Å². The van der Waals surface area contributed by atoms with Gasteiger partial charge < -0.3 is 15.8 Å². The van der Waals surface area contributed by atoms with Crippen LogP contribution >= 0.6 is 0 Å². The zero-order valence-corrected chi connectivity index (χ0v) is 7.54. The third kappa shape index (κ3) is 4.85. The normalized spacial score (nSPS) is 14.9. The van der Waals surface area contributed by atoms with E-state index in [-0.39, 0.29) is 11.9 Å². The predicted molar refractivity (Wildman–Crippen MR) is 46.6 cm³/mol. The van der Waals surface area contributed by atoms with Crippen LogP contribution in [0.25, 0.3) is 0 Å². The lowest BCUT2D eigenvalue weighted by Gasteiger charge is -2.13. The highest BCUT2D eigenvalue weighted by Crippen LogP contribution is 1.93. The first-order valence-electron chi connectivity index (χ1n) is 4.07. The van der Waals surface area contributed by atoms with E-state index in [4.69, 9.17) is 5.73 Å². The second kappa shape index (κ2) is 5.71. The maximum atomic E-state index is 11.0. The lowest BCUT2D eigenvalue weighted by molar-refractivity contribution is -0.122. The molecule has 0 bridgehead atoms. The molecule has 70 valence electrons. The summed E-state index contributed by atoms with van der Waals surface area (Å²) in [5.74, 6) is -0.173. The Kier molecular flexibility index (Phi) is 5.28. The summed E-state index contributed by atoms with van der Waals surface area (Å²) < 4.78 is 0. The molecule has 0 radical (unpaired) electrons. The maximum Gasteiger partial charge on any atom is 0.236 e. The van der Waals surface area contributed by atoms with Gasteiger partial charge in [-0.3, -0.25) is 4.79 Å². The summed E-state index contributed by atoms with van der Waals surface area (Å²) >= 11 is 0. The van der Waals surface area contributed by atoms with Gasteiger partial charge in [0.05, 0.1) is 6.04 Å². The molecule has 0 heterocycles. The van der Waals surface area contributed by atoms with Crippen molar-refractivity contribution in [2.24, 2.45) is 5.73 Å². The van der Waals surface area contributed by atoms with Gasteiger partial charge in [0.2, 0.25) is 5.91 Å². The summed E-state index contributed by atoms with van der Waals surface area (Å²) in [7, 11) is 0. The minimum atomic E-state index is -0.483. The topological polar surface area (TPSA) is 72.2 Å². The summed E-state index contributed by atoms with van der Waals surface area (Å²) in [5, 5.41) is 2.69. The molecule has 3 N–H and O–H groups in total. The first kappa shape index (κ1) is 11.1. The Morgan fingerprint density at radius 1 is 1.58 bits per heavy atom. The van der Waals surface area contributed by atoms with E-state index in [9.17, 15) is 9.59 Å². The van der Waals surface area contributed by atoms with Crippen LogP contribution in [0, 0.1) is 0 Å². The van der Waals surface area contributed by atoms with Gasteiger partial charge in [0.1, 0.15) is 6.29 Å². The van der Waals surface area contributed by atoms with E-state index < -0.39 is 6.04 Å². The Hall–Kier alpha value is -0.900. The highest BCUT2D eigenvalue weighted by molar-refractivity contribution is 5.81. The Balaban J connectivity index is 3.60. The van der Waals surface area contributed by atoms with Crippen molar-refractivity contribution < 1.29 is 9.59 Å². The van der Waals surface area contributed by atoms with E-state index in [1.807, 2.05) is 6.92 Å². The molecule has 1 amide bonds. The standard InChI is InChI=1S/C8H16N2O2/c1-6(4-3-5-11)10-8(12)7(2)9/h5-7H,3-4,9H2,1-2H3,(H,10,12). The minimum Gasteiger partial charge on any atom is -0.352 e. The van der Waals surface area contributed by atoms with Crippen LogP contribution in [0.15, 0.2) is 0 Å². The summed E-state index contributed by atoms with van der Waals surface area (Å²) in [5.41, 5.74) is 5.33. The van der Waals surface area contributed by atoms with Crippen molar-refractivity contribution in [3.63, 3.8) is 0 Å². The molecule has 12 heavy (non-hydrogen) atoms. The van der Waals surface area contributed by atoms with Crippen molar-refractivity contribution in [2.45, 2.75) is 38.8 Å². The van der Waals surface area contributed by atoms with Crippen molar-refractivity contribution in [3.8, 4) is 0 Å². The molecule has 4 nitrogen and oxygen atoms in total. The van der Waals surface area contributed by atoms with E-state index in [0.717, 1.165) is 6.29 Å². The van der Waals surface area contributed by atoms with Gasteiger partial charge in [-0.05, 0) is 20.3 Å². The third-order valence-corrected chi connectivity index (χ3v) is 1.52. The van der Waals surface area contributed by atoms with Gasteiger partial charge in [-0.1, -0.05) is 0 Å². The molecule has 0 aliphatic heterocycles. The molecule has 0 spiro atoms. The summed E-state index contributed by atoms with van der Waals surface area (Å²) in [4.78, 5) is 21.0. The van der Waals surface area contributed by atoms with Crippen molar-refractivity contribution in [2.75, 3.05) is 0 Å². The second-order valence-corrected chi connectivity index (χ2v) is 2.94. The fourth-order valence-corrected chi connectivity index (χ4v) is 0.765. The van der Waals surface area contributed by atoms with Crippen LogP contribution < -0.4 is 11.1 Å². The lowest BCUT2D eigenvalue weighted by Crippen LogP contribution is -2.42. The minimum absolute atomic E-state index is 0.0219. The average Bonchev–Trinajstić information content (AvgIpc) is 2.00. The quantitative estimate of drug-likeness (QED) is 0.565. The van der Waals surface area contributed by atoms with Crippen LogP contribution in [-0.2, 0) is 9.59 Å². The molecule has 2 unspecified atom stereocenters. The number of amides is 1. The summed E-state index contributed by atoms with van der Waals surface area (Å²) in [6.07, 6.45) is 1.98. The molecule has 0 saturated carbocycles. The van der Waals surface area contributed by atoms with Gasteiger partial charge in [0.25, 0.3) is 0 Å². The number of nitrogens with one attached hydrogen (secondary N) is 1. The molecular formula is C8H16N2O2. The summed E-state index contributed by atoms with van der Waals surface area (Å²) in [6, 6.07) is -0.461. The van der Waals surface area contributed by atoms with E-state index in [1.54, 1.807) is 6.92 Å². The fourth-order valence-electron chi connectivity index (χ4n) is 0.765.